The number of urea groups is 1. The lowest BCUT2D eigenvalue weighted by Crippen LogP contribution is -2.59. The highest BCUT2D eigenvalue weighted by Crippen LogP contribution is 2.36. The molecule has 4 rings (SSSR count). The number of amides is 2. The number of halogens is 1. The number of fused-ring (bicyclic) bond motifs is 2. The Labute approximate surface area is 148 Å². The number of carbonyl (C=O) groups excluding carboxylic acids is 1. The summed E-state index contributed by atoms with van der Waals surface area (Å²) in [6.07, 6.45) is 1.36. The van der Waals surface area contributed by atoms with Gasteiger partial charge in [0.15, 0.2) is 6.29 Å². The van der Waals surface area contributed by atoms with Gasteiger partial charge in [0.1, 0.15) is 29.9 Å². The third-order valence-corrected chi connectivity index (χ3v) is 4.69. The van der Waals surface area contributed by atoms with Crippen LogP contribution in [0.3, 0.4) is 0 Å². The fourth-order valence-corrected chi connectivity index (χ4v) is 3.46. The number of aliphatic hydroxyl groups excluding tert-OH is 1. The average molecular weight is 362 g/mol. The summed E-state index contributed by atoms with van der Waals surface area (Å²) >= 11 is 0. The van der Waals surface area contributed by atoms with Crippen molar-refractivity contribution in [3.63, 3.8) is 0 Å². The van der Waals surface area contributed by atoms with Crippen molar-refractivity contribution in [3.05, 3.63) is 48.3 Å². The van der Waals surface area contributed by atoms with Gasteiger partial charge in [0.2, 0.25) is 0 Å². The molecular weight excluding hydrogens is 343 g/mol. The van der Waals surface area contributed by atoms with Crippen molar-refractivity contribution < 1.29 is 23.8 Å². The molecule has 2 aromatic rings. The first-order valence-corrected chi connectivity index (χ1v) is 8.30. The van der Waals surface area contributed by atoms with E-state index in [0.717, 1.165) is 0 Å². The standard InChI is InChI=1S/C17H19FN4O4/c1-9-19-5-6-22(9)14-15(23)13(12-8-25-16(14)26-12)21-17(24)20-11-4-2-3-10(18)7-11/h2-7,12-16,23H,8H2,1H3,(H2,20,21,24). The summed E-state index contributed by atoms with van der Waals surface area (Å²) in [4.78, 5) is 16.5. The topological polar surface area (TPSA) is 97.6 Å². The monoisotopic (exact) mass is 362 g/mol. The number of nitrogens with one attached hydrogen (secondary N) is 2. The number of rotatable bonds is 3. The molecule has 5 unspecified atom stereocenters. The number of hydrogen-bond donors (Lipinski definition) is 3. The van der Waals surface area contributed by atoms with E-state index in [1.54, 1.807) is 23.0 Å². The summed E-state index contributed by atoms with van der Waals surface area (Å²) in [5.41, 5.74) is 0.316. The molecule has 8 nitrogen and oxygen atoms in total. The summed E-state index contributed by atoms with van der Waals surface area (Å²) in [7, 11) is 0. The van der Waals surface area contributed by atoms with E-state index >= 15 is 0 Å². The maximum atomic E-state index is 13.2. The van der Waals surface area contributed by atoms with Crippen LogP contribution in [0.4, 0.5) is 14.9 Å². The number of hydrogen-bond acceptors (Lipinski definition) is 5. The van der Waals surface area contributed by atoms with Crippen LogP contribution in [0.15, 0.2) is 36.7 Å². The van der Waals surface area contributed by atoms with Crippen LogP contribution >= 0.6 is 0 Å². The highest BCUT2D eigenvalue weighted by Gasteiger charge is 2.51. The van der Waals surface area contributed by atoms with Gasteiger partial charge in [-0.3, -0.25) is 0 Å². The molecule has 2 bridgehead atoms. The molecule has 5 atom stereocenters. The normalized spacial score (nSPS) is 30.2. The molecule has 1 aromatic heterocycles. The number of aliphatic hydroxyl groups is 1. The molecule has 0 spiro atoms. The van der Waals surface area contributed by atoms with E-state index in [9.17, 15) is 14.3 Å². The zero-order chi connectivity index (χ0) is 18.3. The van der Waals surface area contributed by atoms with Crippen molar-refractivity contribution in [3.8, 4) is 0 Å². The van der Waals surface area contributed by atoms with Crippen LogP contribution in [0.5, 0.6) is 0 Å². The molecule has 2 aliphatic rings. The van der Waals surface area contributed by atoms with Gasteiger partial charge in [-0.2, -0.15) is 0 Å². The Kier molecular flexibility index (Phi) is 4.35. The van der Waals surface area contributed by atoms with Crippen molar-refractivity contribution in [2.45, 2.75) is 37.5 Å². The van der Waals surface area contributed by atoms with Gasteiger partial charge < -0.3 is 29.8 Å². The van der Waals surface area contributed by atoms with E-state index in [-0.39, 0.29) is 6.61 Å². The van der Waals surface area contributed by atoms with E-state index in [1.165, 1.54) is 18.2 Å². The molecule has 1 aromatic carbocycles. The van der Waals surface area contributed by atoms with Crippen LogP contribution in [-0.4, -0.2) is 51.8 Å². The quantitative estimate of drug-likeness (QED) is 0.762. The molecule has 2 fully saturated rings. The fraction of sp³-hybridized carbons (Fsp3) is 0.412. The average Bonchev–Trinajstić information content (AvgIpc) is 3.20. The Balaban J connectivity index is 1.50. The van der Waals surface area contributed by atoms with Gasteiger partial charge in [-0.05, 0) is 25.1 Å². The molecular formula is C17H19FN4O4. The molecule has 3 heterocycles. The van der Waals surface area contributed by atoms with Crippen LogP contribution in [0.25, 0.3) is 0 Å². The predicted octanol–water partition coefficient (Wildman–Crippen LogP) is 1.18. The van der Waals surface area contributed by atoms with Gasteiger partial charge in [0.05, 0.1) is 12.6 Å². The maximum absolute atomic E-state index is 13.2. The molecule has 3 N–H and O–H groups in total. The lowest BCUT2D eigenvalue weighted by Gasteiger charge is -2.39. The second-order valence-corrected chi connectivity index (χ2v) is 6.37. The minimum atomic E-state index is -0.938. The molecule has 9 heteroatoms. The van der Waals surface area contributed by atoms with Crippen LogP contribution < -0.4 is 10.6 Å². The first-order valence-electron chi connectivity index (χ1n) is 8.30. The maximum Gasteiger partial charge on any atom is 0.319 e. The van der Waals surface area contributed by atoms with Crippen LogP contribution in [-0.2, 0) is 9.47 Å². The van der Waals surface area contributed by atoms with Crippen molar-refractivity contribution in [1.29, 1.82) is 0 Å². The number of aromatic nitrogens is 2. The van der Waals surface area contributed by atoms with Crippen molar-refractivity contribution in [2.24, 2.45) is 0 Å². The SMILES string of the molecule is Cc1nccn1C1C2OCC(O2)C(NC(=O)Nc2cccc(F)c2)C1O. The van der Waals surface area contributed by atoms with Gasteiger partial charge in [0.25, 0.3) is 0 Å². The Bertz CT molecular complexity index is 814. The lowest BCUT2D eigenvalue weighted by molar-refractivity contribution is -0.163. The van der Waals surface area contributed by atoms with Gasteiger partial charge in [0, 0.05) is 18.1 Å². The van der Waals surface area contributed by atoms with E-state index < -0.39 is 42.4 Å². The molecule has 2 saturated heterocycles. The Morgan fingerprint density at radius 3 is 3.04 bits per heavy atom. The Hall–Kier alpha value is -2.49. The first kappa shape index (κ1) is 17.0. The summed E-state index contributed by atoms with van der Waals surface area (Å²) < 4.78 is 26.5. The number of ether oxygens (including phenoxy) is 2. The van der Waals surface area contributed by atoms with Crippen LogP contribution in [0, 0.1) is 12.7 Å². The van der Waals surface area contributed by atoms with Crippen LogP contribution in [0.2, 0.25) is 0 Å². The predicted molar refractivity (Wildman–Crippen MR) is 89.0 cm³/mol. The minimum Gasteiger partial charge on any atom is -0.388 e. The van der Waals surface area contributed by atoms with Crippen LogP contribution in [0.1, 0.15) is 11.9 Å². The smallest absolute Gasteiger partial charge is 0.319 e. The molecule has 26 heavy (non-hydrogen) atoms. The Morgan fingerprint density at radius 1 is 1.46 bits per heavy atom. The molecule has 0 radical (unpaired) electrons. The molecule has 2 amide bonds. The third kappa shape index (κ3) is 3.05. The van der Waals surface area contributed by atoms with E-state index in [0.29, 0.717) is 11.5 Å². The second kappa shape index (κ2) is 6.67. The highest BCUT2D eigenvalue weighted by atomic mass is 19.1. The minimum absolute atomic E-state index is 0.261. The molecule has 0 aliphatic carbocycles. The summed E-state index contributed by atoms with van der Waals surface area (Å²) in [5, 5.41) is 16.1. The summed E-state index contributed by atoms with van der Waals surface area (Å²) in [5.74, 6) is 0.251. The van der Waals surface area contributed by atoms with Gasteiger partial charge in [-0.25, -0.2) is 14.2 Å². The molecule has 2 aliphatic heterocycles. The van der Waals surface area contributed by atoms with Gasteiger partial charge >= 0.3 is 6.03 Å². The highest BCUT2D eigenvalue weighted by molar-refractivity contribution is 5.89. The van der Waals surface area contributed by atoms with E-state index in [1.807, 2.05) is 6.92 Å². The van der Waals surface area contributed by atoms with Crippen molar-refractivity contribution in [2.75, 3.05) is 11.9 Å². The molecule has 138 valence electrons. The molecule has 0 saturated carbocycles. The number of carbonyl (C=O) groups is 1. The Morgan fingerprint density at radius 2 is 2.31 bits per heavy atom. The number of anilines is 1. The van der Waals surface area contributed by atoms with Crippen molar-refractivity contribution >= 4 is 11.7 Å². The van der Waals surface area contributed by atoms with Gasteiger partial charge in [-0.15, -0.1) is 0 Å². The number of nitrogens with zero attached hydrogens (tertiary/aromatic N) is 2. The fourth-order valence-electron chi connectivity index (χ4n) is 3.46. The third-order valence-electron chi connectivity index (χ3n) is 4.69. The van der Waals surface area contributed by atoms with Gasteiger partial charge in [-0.1, -0.05) is 6.07 Å². The summed E-state index contributed by atoms with van der Waals surface area (Å²) in [6.45, 7) is 2.07. The zero-order valence-corrected chi connectivity index (χ0v) is 14.0. The zero-order valence-electron chi connectivity index (χ0n) is 14.0. The second-order valence-electron chi connectivity index (χ2n) is 6.37. The number of aryl methyl sites for hydroxylation is 1. The number of benzene rings is 1. The van der Waals surface area contributed by atoms with E-state index in [4.69, 9.17) is 9.47 Å². The number of imidazole rings is 1. The first-order chi connectivity index (χ1) is 12.5. The largest absolute Gasteiger partial charge is 0.388 e. The lowest BCUT2D eigenvalue weighted by atomic mass is 9.96. The van der Waals surface area contributed by atoms with Crippen molar-refractivity contribution in [1.82, 2.24) is 14.9 Å². The summed E-state index contributed by atoms with van der Waals surface area (Å²) in [6, 6.07) is 3.79. The van der Waals surface area contributed by atoms with E-state index in [2.05, 4.69) is 15.6 Å².